The summed E-state index contributed by atoms with van der Waals surface area (Å²) in [5, 5.41) is 2.60. The smallest absolute Gasteiger partial charge is 0.246 e. The average Bonchev–Trinajstić information content (AvgIpc) is 2.61. The number of hydrogen-bond acceptors (Lipinski definition) is 2. The Balaban J connectivity index is 2.49. The first-order valence-electron chi connectivity index (χ1n) is 6.22. The molecule has 1 heterocycles. The molecule has 2 atom stereocenters. The van der Waals surface area contributed by atoms with Crippen LogP contribution in [0.15, 0.2) is 24.3 Å². The van der Waals surface area contributed by atoms with E-state index in [1.54, 1.807) is 14.0 Å². The van der Waals surface area contributed by atoms with E-state index in [0.29, 0.717) is 12.1 Å². The summed E-state index contributed by atoms with van der Waals surface area (Å²) in [5.41, 5.74) is -0.397. The predicted octanol–water partition coefficient (Wildman–Crippen LogP) is 1.70. The van der Waals surface area contributed by atoms with Gasteiger partial charge in [-0.1, -0.05) is 6.92 Å². The van der Waals surface area contributed by atoms with Crippen LogP contribution < -0.4 is 10.2 Å². The second-order valence-electron chi connectivity index (χ2n) is 5.04. The molecule has 0 spiro atoms. The Hall–Kier alpha value is -1.91. The van der Waals surface area contributed by atoms with Crippen LogP contribution in [0.1, 0.15) is 20.3 Å². The van der Waals surface area contributed by atoms with E-state index in [-0.39, 0.29) is 23.5 Å². The summed E-state index contributed by atoms with van der Waals surface area (Å²) >= 11 is 0. The van der Waals surface area contributed by atoms with Crippen LogP contribution in [0.3, 0.4) is 0 Å². The summed E-state index contributed by atoms with van der Waals surface area (Å²) in [6.07, 6.45) is 0.307. The van der Waals surface area contributed by atoms with E-state index in [2.05, 4.69) is 5.32 Å². The fourth-order valence-corrected chi connectivity index (χ4v) is 2.61. The first-order chi connectivity index (χ1) is 8.91. The Morgan fingerprint density at radius 1 is 1.42 bits per heavy atom. The van der Waals surface area contributed by atoms with E-state index >= 15 is 0 Å². The fourth-order valence-electron chi connectivity index (χ4n) is 2.61. The van der Waals surface area contributed by atoms with Gasteiger partial charge in [-0.25, -0.2) is 4.39 Å². The maximum absolute atomic E-state index is 13.0. The molecule has 2 amide bonds. The lowest BCUT2D eigenvalue weighted by Crippen LogP contribution is -2.56. The number of likely N-dealkylation sites (N-methyl/N-ethyl adjacent to an activating group) is 1. The maximum atomic E-state index is 13.0. The van der Waals surface area contributed by atoms with Crippen LogP contribution in [-0.4, -0.2) is 24.4 Å². The third-order valence-electron chi connectivity index (χ3n) is 3.93. The lowest BCUT2D eigenvalue weighted by Gasteiger charge is -2.36. The number of halogens is 1. The molecule has 1 saturated heterocycles. The molecular weight excluding hydrogens is 247 g/mol. The van der Waals surface area contributed by atoms with Gasteiger partial charge in [0.15, 0.2) is 0 Å². The molecule has 1 N–H and O–H groups in total. The van der Waals surface area contributed by atoms with E-state index in [9.17, 15) is 14.0 Å². The molecule has 0 aliphatic carbocycles. The average molecular weight is 264 g/mol. The number of nitrogens with zero attached hydrogens (tertiary/aromatic N) is 1. The van der Waals surface area contributed by atoms with Crippen LogP contribution in [0, 0.1) is 11.7 Å². The van der Waals surface area contributed by atoms with E-state index in [4.69, 9.17) is 0 Å². The van der Waals surface area contributed by atoms with E-state index in [1.165, 1.54) is 29.2 Å². The molecule has 102 valence electrons. The molecule has 0 radical (unpaired) electrons. The Labute approximate surface area is 111 Å². The monoisotopic (exact) mass is 264 g/mol. The topological polar surface area (TPSA) is 49.4 Å². The Morgan fingerprint density at radius 3 is 2.53 bits per heavy atom. The van der Waals surface area contributed by atoms with Crippen LogP contribution in [0.4, 0.5) is 10.1 Å². The molecule has 19 heavy (non-hydrogen) atoms. The van der Waals surface area contributed by atoms with Crippen molar-refractivity contribution in [3.8, 4) is 0 Å². The van der Waals surface area contributed by atoms with Crippen LogP contribution >= 0.6 is 0 Å². The fraction of sp³-hybridized carbons (Fsp3) is 0.429. The van der Waals surface area contributed by atoms with Gasteiger partial charge >= 0.3 is 0 Å². The molecule has 5 heteroatoms. The minimum Gasteiger partial charge on any atom is -0.357 e. The van der Waals surface area contributed by atoms with E-state index in [0.717, 1.165) is 0 Å². The Bertz CT molecular complexity index is 515. The third-order valence-corrected chi connectivity index (χ3v) is 3.93. The second-order valence-corrected chi connectivity index (χ2v) is 5.04. The number of carbonyl (C=O) groups is 2. The molecule has 0 saturated carbocycles. The van der Waals surface area contributed by atoms with E-state index < -0.39 is 5.54 Å². The van der Waals surface area contributed by atoms with Crippen molar-refractivity contribution in [2.24, 2.45) is 5.92 Å². The third kappa shape index (κ3) is 1.99. The summed E-state index contributed by atoms with van der Waals surface area (Å²) in [6.45, 7) is 3.61. The zero-order valence-electron chi connectivity index (χ0n) is 11.2. The molecule has 1 aliphatic rings. The summed E-state index contributed by atoms with van der Waals surface area (Å²) in [6, 6.07) is 5.62. The lowest BCUT2D eigenvalue weighted by atomic mass is 9.87. The lowest BCUT2D eigenvalue weighted by molar-refractivity contribution is -0.127. The van der Waals surface area contributed by atoms with Gasteiger partial charge in [-0.2, -0.15) is 0 Å². The van der Waals surface area contributed by atoms with Crippen LogP contribution in [0.2, 0.25) is 0 Å². The Kier molecular flexibility index (Phi) is 3.30. The van der Waals surface area contributed by atoms with Gasteiger partial charge in [0.25, 0.3) is 0 Å². The van der Waals surface area contributed by atoms with E-state index in [1.807, 2.05) is 6.92 Å². The summed E-state index contributed by atoms with van der Waals surface area (Å²) in [4.78, 5) is 25.8. The van der Waals surface area contributed by atoms with Crippen molar-refractivity contribution in [2.45, 2.75) is 25.8 Å². The van der Waals surface area contributed by atoms with Crippen molar-refractivity contribution in [1.29, 1.82) is 0 Å². The molecule has 1 aromatic rings. The molecule has 2 unspecified atom stereocenters. The summed E-state index contributed by atoms with van der Waals surface area (Å²) in [7, 11) is 1.55. The van der Waals surface area contributed by atoms with Gasteiger partial charge in [-0.15, -0.1) is 0 Å². The maximum Gasteiger partial charge on any atom is 0.246 e. The van der Waals surface area contributed by atoms with Crippen molar-refractivity contribution >= 4 is 17.5 Å². The normalized spacial score (nSPS) is 26.6. The quantitative estimate of drug-likeness (QED) is 0.884. The molecule has 0 aromatic heterocycles. The Morgan fingerprint density at radius 2 is 2.00 bits per heavy atom. The predicted molar refractivity (Wildman–Crippen MR) is 70.1 cm³/mol. The number of nitrogens with one attached hydrogen (secondary N) is 1. The second kappa shape index (κ2) is 4.64. The van der Waals surface area contributed by atoms with Crippen LogP contribution in [-0.2, 0) is 9.59 Å². The number of carbonyl (C=O) groups excluding carboxylic acids is 2. The molecule has 0 bridgehead atoms. The minimum absolute atomic E-state index is 0.106. The zero-order chi connectivity index (χ0) is 14.2. The molecule has 1 aromatic carbocycles. The van der Waals surface area contributed by atoms with Gasteiger partial charge in [-0.3, -0.25) is 14.5 Å². The number of hydrogen-bond donors (Lipinski definition) is 1. The molecule has 1 aliphatic heterocycles. The van der Waals surface area contributed by atoms with Gasteiger partial charge in [0, 0.05) is 19.2 Å². The van der Waals surface area contributed by atoms with Gasteiger partial charge in [0.05, 0.1) is 0 Å². The summed E-state index contributed by atoms with van der Waals surface area (Å²) < 4.78 is 13.0. The molecule has 2 rings (SSSR count). The molecular formula is C14H17FN2O2. The molecule has 1 fully saturated rings. The number of benzene rings is 1. The van der Waals surface area contributed by atoms with Crippen molar-refractivity contribution in [3.05, 3.63) is 30.1 Å². The molecule has 4 nitrogen and oxygen atoms in total. The van der Waals surface area contributed by atoms with Gasteiger partial charge in [0.1, 0.15) is 11.4 Å². The number of rotatable bonds is 2. The van der Waals surface area contributed by atoms with Crippen LogP contribution in [0.25, 0.3) is 0 Å². The highest BCUT2D eigenvalue weighted by Gasteiger charge is 2.52. The van der Waals surface area contributed by atoms with Crippen LogP contribution in [0.5, 0.6) is 0 Å². The van der Waals surface area contributed by atoms with Crippen molar-refractivity contribution in [1.82, 2.24) is 5.32 Å². The van der Waals surface area contributed by atoms with Crippen molar-refractivity contribution in [3.63, 3.8) is 0 Å². The van der Waals surface area contributed by atoms with Gasteiger partial charge in [0.2, 0.25) is 11.8 Å². The number of anilines is 1. The van der Waals surface area contributed by atoms with Gasteiger partial charge in [-0.05, 0) is 37.1 Å². The number of amides is 2. The SMILES string of the molecule is CNC(=O)C1(C)C(C)CC(=O)N1c1ccc(F)cc1. The largest absolute Gasteiger partial charge is 0.357 e. The minimum atomic E-state index is -0.941. The zero-order valence-corrected chi connectivity index (χ0v) is 11.2. The first kappa shape index (κ1) is 13.5. The standard InChI is InChI=1S/C14H17FN2O2/c1-9-8-12(18)17(14(9,2)13(19)16-3)11-6-4-10(15)5-7-11/h4-7,9H,8H2,1-3H3,(H,16,19). The highest BCUT2D eigenvalue weighted by Crippen LogP contribution is 2.39. The first-order valence-corrected chi connectivity index (χ1v) is 6.22. The van der Waals surface area contributed by atoms with Crippen molar-refractivity contribution in [2.75, 3.05) is 11.9 Å². The highest BCUT2D eigenvalue weighted by atomic mass is 19.1. The highest BCUT2D eigenvalue weighted by molar-refractivity contribution is 6.06. The van der Waals surface area contributed by atoms with Gasteiger partial charge < -0.3 is 5.32 Å². The van der Waals surface area contributed by atoms with Crippen molar-refractivity contribution < 1.29 is 14.0 Å². The summed E-state index contributed by atoms with van der Waals surface area (Å²) in [5.74, 6) is -0.810.